The number of rotatable bonds is 6. The van der Waals surface area contributed by atoms with Crippen LogP contribution >= 0.6 is 0 Å². The Bertz CT molecular complexity index is 549. The third-order valence-electron chi connectivity index (χ3n) is 2.62. The summed E-state index contributed by atoms with van der Waals surface area (Å²) in [5.74, 6) is -0.465. The van der Waals surface area contributed by atoms with Crippen LogP contribution in [-0.2, 0) is 20.7 Å². The van der Waals surface area contributed by atoms with Crippen LogP contribution < -0.4 is 5.32 Å². The van der Waals surface area contributed by atoms with Crippen molar-refractivity contribution in [2.75, 3.05) is 13.2 Å². The summed E-state index contributed by atoms with van der Waals surface area (Å²) in [7, 11) is 0. The van der Waals surface area contributed by atoms with Gasteiger partial charge < -0.3 is 14.8 Å². The van der Waals surface area contributed by atoms with Gasteiger partial charge in [-0.1, -0.05) is 30.3 Å². The van der Waals surface area contributed by atoms with E-state index in [9.17, 15) is 14.0 Å². The smallest absolute Gasteiger partial charge is 0.407 e. The zero-order chi connectivity index (χ0) is 17.3. The van der Waals surface area contributed by atoms with Crippen molar-refractivity contribution in [2.45, 2.75) is 32.8 Å². The molecule has 0 heterocycles. The predicted octanol–water partition coefficient (Wildman–Crippen LogP) is 3.15. The minimum atomic E-state index is -0.660. The number of hydrogen-bond acceptors (Lipinski definition) is 4. The maximum absolute atomic E-state index is 12.8. The second-order valence-electron chi connectivity index (χ2n) is 5.95. The lowest BCUT2D eigenvalue weighted by Gasteiger charge is -2.19. The van der Waals surface area contributed by atoms with Crippen LogP contribution in [-0.4, -0.2) is 30.8 Å². The Hall–Kier alpha value is -2.37. The molecule has 0 radical (unpaired) electrons. The highest BCUT2D eigenvalue weighted by atomic mass is 19.1. The molecule has 6 heteroatoms. The van der Waals surface area contributed by atoms with Crippen LogP contribution in [0.25, 0.3) is 0 Å². The van der Waals surface area contributed by atoms with Gasteiger partial charge >= 0.3 is 12.1 Å². The summed E-state index contributed by atoms with van der Waals surface area (Å²) in [6, 6.07) is 9.09. The van der Waals surface area contributed by atoms with Gasteiger partial charge in [0.25, 0.3) is 0 Å². The number of carbonyl (C=O) groups excluding carboxylic acids is 2. The first kappa shape index (κ1) is 18.7. The third-order valence-corrected chi connectivity index (χ3v) is 2.62. The zero-order valence-electron chi connectivity index (χ0n) is 13.6. The molecule has 1 aromatic rings. The lowest BCUT2D eigenvalue weighted by Crippen LogP contribution is -2.34. The molecule has 0 spiro atoms. The standard InChI is InChI=1S/C17H22FNO4/c1-17(2,3)23-16(21)19-11-14(10-18)12-22-15(20)9-13-7-5-4-6-8-13/h4-8,10H,9,11-12H2,1-3H3,(H,19,21). The summed E-state index contributed by atoms with van der Waals surface area (Å²) < 4.78 is 22.8. The highest BCUT2D eigenvalue weighted by molar-refractivity contribution is 5.72. The first-order valence-electron chi connectivity index (χ1n) is 7.24. The fraction of sp³-hybridized carbons (Fsp3) is 0.412. The van der Waals surface area contributed by atoms with Crippen molar-refractivity contribution in [3.63, 3.8) is 0 Å². The van der Waals surface area contributed by atoms with Crippen molar-refractivity contribution in [1.82, 2.24) is 5.32 Å². The molecule has 0 bridgehead atoms. The van der Waals surface area contributed by atoms with Crippen LogP contribution in [0.5, 0.6) is 0 Å². The van der Waals surface area contributed by atoms with E-state index < -0.39 is 17.7 Å². The molecule has 23 heavy (non-hydrogen) atoms. The van der Waals surface area contributed by atoms with Gasteiger partial charge in [0.2, 0.25) is 0 Å². The summed E-state index contributed by atoms with van der Waals surface area (Å²) in [6.45, 7) is 4.86. The van der Waals surface area contributed by atoms with Gasteiger partial charge in [0.05, 0.1) is 12.8 Å². The lowest BCUT2D eigenvalue weighted by atomic mass is 10.2. The number of halogens is 1. The largest absolute Gasteiger partial charge is 0.461 e. The van der Waals surface area contributed by atoms with Crippen LogP contribution in [0.3, 0.4) is 0 Å². The van der Waals surface area contributed by atoms with E-state index in [4.69, 9.17) is 9.47 Å². The Kier molecular flexibility index (Phi) is 7.25. The second-order valence-corrected chi connectivity index (χ2v) is 5.95. The first-order valence-corrected chi connectivity index (χ1v) is 7.24. The lowest BCUT2D eigenvalue weighted by molar-refractivity contribution is -0.141. The molecular weight excluding hydrogens is 301 g/mol. The summed E-state index contributed by atoms with van der Waals surface area (Å²) in [4.78, 5) is 23.1. The molecule has 5 nitrogen and oxygen atoms in total. The Morgan fingerprint density at radius 3 is 2.43 bits per heavy atom. The second kappa shape index (κ2) is 8.92. The van der Waals surface area contributed by atoms with E-state index in [2.05, 4.69) is 5.32 Å². The van der Waals surface area contributed by atoms with E-state index in [1.165, 1.54) is 0 Å². The van der Waals surface area contributed by atoms with E-state index in [1.54, 1.807) is 32.9 Å². The summed E-state index contributed by atoms with van der Waals surface area (Å²) in [5.41, 5.74) is 0.318. The average Bonchev–Trinajstić information content (AvgIpc) is 2.46. The van der Waals surface area contributed by atoms with Crippen LogP contribution in [0.1, 0.15) is 26.3 Å². The maximum Gasteiger partial charge on any atom is 0.407 e. The molecule has 0 saturated heterocycles. The SMILES string of the molecule is CC(C)(C)OC(=O)NCC(=CF)COC(=O)Cc1ccccc1. The Morgan fingerprint density at radius 2 is 1.87 bits per heavy atom. The highest BCUT2D eigenvalue weighted by Gasteiger charge is 2.16. The number of hydrogen-bond donors (Lipinski definition) is 1. The van der Waals surface area contributed by atoms with E-state index in [-0.39, 0.29) is 25.1 Å². The number of esters is 1. The van der Waals surface area contributed by atoms with Gasteiger partial charge in [-0.25, -0.2) is 9.18 Å². The first-order chi connectivity index (χ1) is 10.8. The average molecular weight is 323 g/mol. The fourth-order valence-electron chi connectivity index (χ4n) is 1.61. The van der Waals surface area contributed by atoms with Crippen molar-refractivity contribution in [1.29, 1.82) is 0 Å². The van der Waals surface area contributed by atoms with Crippen molar-refractivity contribution < 1.29 is 23.5 Å². The van der Waals surface area contributed by atoms with Crippen LogP contribution in [0.4, 0.5) is 9.18 Å². The van der Waals surface area contributed by atoms with Gasteiger partial charge in [-0.15, -0.1) is 0 Å². The molecule has 0 atom stereocenters. The molecule has 0 unspecified atom stereocenters. The number of nitrogens with one attached hydrogen (secondary N) is 1. The van der Waals surface area contributed by atoms with E-state index in [0.717, 1.165) is 5.56 Å². The minimum Gasteiger partial charge on any atom is -0.461 e. The van der Waals surface area contributed by atoms with E-state index in [1.807, 2.05) is 18.2 Å². The number of benzene rings is 1. The van der Waals surface area contributed by atoms with Crippen LogP contribution in [0, 0.1) is 0 Å². The molecule has 0 aromatic heterocycles. The normalized spacial score (nSPS) is 11.7. The summed E-state index contributed by atoms with van der Waals surface area (Å²) in [5, 5.41) is 2.40. The highest BCUT2D eigenvalue weighted by Crippen LogP contribution is 2.07. The van der Waals surface area contributed by atoms with Gasteiger partial charge in [-0.05, 0) is 26.3 Å². The van der Waals surface area contributed by atoms with Gasteiger partial charge in [0.1, 0.15) is 12.2 Å². The number of carbonyl (C=O) groups is 2. The van der Waals surface area contributed by atoms with Gasteiger partial charge in [-0.2, -0.15) is 0 Å². The quantitative estimate of drug-likeness (QED) is 0.817. The fourth-order valence-corrected chi connectivity index (χ4v) is 1.61. The van der Waals surface area contributed by atoms with E-state index in [0.29, 0.717) is 6.33 Å². The maximum atomic E-state index is 12.8. The molecule has 1 N–H and O–H groups in total. The molecule has 0 fully saturated rings. The topological polar surface area (TPSA) is 64.6 Å². The Balaban J connectivity index is 2.34. The van der Waals surface area contributed by atoms with Gasteiger partial charge in [0, 0.05) is 12.1 Å². The van der Waals surface area contributed by atoms with Crippen LogP contribution in [0.15, 0.2) is 42.2 Å². The van der Waals surface area contributed by atoms with Crippen molar-refractivity contribution in [3.8, 4) is 0 Å². The molecule has 1 amide bonds. The number of alkyl carbamates (subject to hydrolysis) is 1. The predicted molar refractivity (Wildman–Crippen MR) is 84.5 cm³/mol. The monoisotopic (exact) mass is 323 g/mol. The zero-order valence-corrected chi connectivity index (χ0v) is 13.6. The van der Waals surface area contributed by atoms with Crippen molar-refractivity contribution in [2.24, 2.45) is 0 Å². The number of amides is 1. The van der Waals surface area contributed by atoms with Crippen molar-refractivity contribution >= 4 is 12.1 Å². The Morgan fingerprint density at radius 1 is 1.22 bits per heavy atom. The van der Waals surface area contributed by atoms with Gasteiger partial charge in [0.15, 0.2) is 0 Å². The molecule has 0 aliphatic rings. The molecule has 126 valence electrons. The number of ether oxygens (including phenoxy) is 2. The molecule has 0 saturated carbocycles. The molecule has 1 aromatic carbocycles. The van der Waals surface area contributed by atoms with Crippen LogP contribution in [0.2, 0.25) is 0 Å². The summed E-state index contributed by atoms with van der Waals surface area (Å²) in [6.07, 6.45) is -0.236. The van der Waals surface area contributed by atoms with E-state index >= 15 is 0 Å². The minimum absolute atomic E-state index is 0.0932. The Labute approximate surface area is 135 Å². The third kappa shape index (κ3) is 8.60. The molecular formula is C17H22FNO4. The molecule has 0 aliphatic carbocycles. The van der Waals surface area contributed by atoms with Crippen molar-refractivity contribution in [3.05, 3.63) is 47.8 Å². The van der Waals surface area contributed by atoms with Gasteiger partial charge in [-0.3, -0.25) is 4.79 Å². The summed E-state index contributed by atoms with van der Waals surface area (Å²) >= 11 is 0. The molecule has 0 aliphatic heterocycles. The molecule has 1 rings (SSSR count).